The van der Waals surface area contributed by atoms with E-state index in [2.05, 4.69) is 63.7 Å². The van der Waals surface area contributed by atoms with Gasteiger partial charge in [-0.3, -0.25) is 33.9 Å². The van der Waals surface area contributed by atoms with Crippen LogP contribution in [-0.2, 0) is 53.7 Å². The zero-order chi connectivity index (χ0) is 69.1. The zero-order valence-corrected chi connectivity index (χ0v) is 57.5. The monoisotopic (exact) mass is 1360 g/mol. The van der Waals surface area contributed by atoms with Crippen LogP contribution in [-0.4, -0.2) is 285 Å². The van der Waals surface area contributed by atoms with Gasteiger partial charge in [0.2, 0.25) is 0 Å². The third-order valence-corrected chi connectivity index (χ3v) is 17.6. The summed E-state index contributed by atoms with van der Waals surface area (Å²) in [5.41, 5.74) is 3.31. The van der Waals surface area contributed by atoms with Gasteiger partial charge in [0.1, 0.15) is 100 Å². The van der Waals surface area contributed by atoms with Gasteiger partial charge in [-0.2, -0.15) is 0 Å². The van der Waals surface area contributed by atoms with Crippen molar-refractivity contribution in [2.24, 2.45) is 0 Å². The number of hydrogen-bond donors (Lipinski definition) is 8. The number of aliphatic hydroxyl groups is 4. The molecule has 3 fully saturated rings. The number of ether oxygens (including phenoxy) is 9. The fourth-order valence-electron chi connectivity index (χ4n) is 11.1. The number of aliphatic hydroxyl groups excluding tert-OH is 4. The standard InChI is InChI=1S/C72H108N8O17/c1-71(2,55-5-13-63(14-6-55)90-47-59(81)51-94-67(85)21-25-73-27-35-78-37-29-75-30-38-78)57-9-17-65(18-10-57)92-49-61(83)53-96-69(87)23-33-77(41-42-80-43-45-89-46-44-80)34-24-70(88)97-54-62(84)50-93-66-19-11-58(12-20-66)72(3,4)56-7-15-64(16-8-56)91-48-60(82)52-95-68(86)22-26-74-28-36-79-39-31-76-32-40-79/h5-20,59-62,73-76,81-84H,21-54H2,1-4H3. The van der Waals surface area contributed by atoms with Crippen LogP contribution in [0.2, 0.25) is 0 Å². The third kappa shape index (κ3) is 29.4. The van der Waals surface area contributed by atoms with Crippen LogP contribution in [0.5, 0.6) is 23.0 Å². The lowest BCUT2D eigenvalue weighted by atomic mass is 9.78. The number of carbonyl (C=O) groups is 4. The van der Waals surface area contributed by atoms with E-state index in [-0.39, 0.29) is 90.5 Å². The molecule has 97 heavy (non-hydrogen) atoms. The summed E-state index contributed by atoms with van der Waals surface area (Å²) in [7, 11) is 0. The van der Waals surface area contributed by atoms with Gasteiger partial charge < -0.3 is 89.2 Å². The minimum Gasteiger partial charge on any atom is -0.491 e. The molecular formula is C72H108N8O17. The molecule has 7 rings (SSSR count). The van der Waals surface area contributed by atoms with Crippen LogP contribution in [0.25, 0.3) is 0 Å². The Kier molecular flexibility index (Phi) is 34.0. The molecule has 3 aliphatic rings. The molecule has 25 nitrogen and oxygen atoms in total. The van der Waals surface area contributed by atoms with Crippen LogP contribution in [0.3, 0.4) is 0 Å². The number of morpholine rings is 1. The molecule has 25 heteroatoms. The van der Waals surface area contributed by atoms with Crippen molar-refractivity contribution in [1.82, 2.24) is 40.9 Å². The molecule has 0 aromatic heterocycles. The normalized spacial score (nSPS) is 16.4. The van der Waals surface area contributed by atoms with E-state index in [0.717, 1.165) is 114 Å². The van der Waals surface area contributed by atoms with Crippen LogP contribution < -0.4 is 40.2 Å². The van der Waals surface area contributed by atoms with E-state index in [1.165, 1.54) is 0 Å². The van der Waals surface area contributed by atoms with E-state index < -0.39 is 47.2 Å². The topological polar surface area (TPSA) is 293 Å². The summed E-state index contributed by atoms with van der Waals surface area (Å²) < 4.78 is 50.2. The highest BCUT2D eigenvalue weighted by atomic mass is 16.6. The maximum Gasteiger partial charge on any atom is 0.307 e. The van der Waals surface area contributed by atoms with Gasteiger partial charge in [-0.05, 0) is 70.8 Å². The van der Waals surface area contributed by atoms with Crippen molar-refractivity contribution in [2.75, 3.05) is 197 Å². The lowest BCUT2D eigenvalue weighted by Gasteiger charge is -2.30. The Bertz CT molecular complexity index is 2690. The molecule has 3 aliphatic heterocycles. The van der Waals surface area contributed by atoms with Crippen molar-refractivity contribution in [1.29, 1.82) is 0 Å². The van der Waals surface area contributed by atoms with Crippen LogP contribution in [0.4, 0.5) is 0 Å². The Balaban J connectivity index is 0.734. The first-order valence-electron chi connectivity index (χ1n) is 34.5. The van der Waals surface area contributed by atoms with E-state index in [0.29, 0.717) is 75.5 Å². The summed E-state index contributed by atoms with van der Waals surface area (Å²) in [6.45, 7) is 24.7. The Morgan fingerprint density at radius 2 is 0.701 bits per heavy atom. The predicted molar refractivity (Wildman–Crippen MR) is 366 cm³/mol. The minimum atomic E-state index is -1.08. The first-order valence-corrected chi connectivity index (χ1v) is 34.5. The Hall–Kier alpha value is -6.56. The molecule has 0 spiro atoms. The molecule has 4 aromatic carbocycles. The molecule has 3 saturated heterocycles. The fraction of sp³-hybridized carbons (Fsp3) is 0.611. The number of rotatable bonds is 45. The van der Waals surface area contributed by atoms with Crippen molar-refractivity contribution >= 4 is 23.9 Å². The van der Waals surface area contributed by atoms with E-state index in [9.17, 15) is 39.6 Å². The summed E-state index contributed by atoms with van der Waals surface area (Å²) in [6.07, 6.45) is -3.60. The quantitative estimate of drug-likeness (QED) is 0.0179. The number of carbonyl (C=O) groups excluding carboxylic acids is 4. The molecule has 0 amide bonds. The number of benzene rings is 4. The van der Waals surface area contributed by atoms with E-state index in [4.69, 9.17) is 42.6 Å². The van der Waals surface area contributed by atoms with Gasteiger partial charge in [0, 0.05) is 142 Å². The first-order chi connectivity index (χ1) is 46.9. The predicted octanol–water partition coefficient (Wildman–Crippen LogP) is 2.35. The van der Waals surface area contributed by atoms with Crippen LogP contribution in [0.15, 0.2) is 97.1 Å². The summed E-state index contributed by atoms with van der Waals surface area (Å²) >= 11 is 0. The molecular weight excluding hydrogens is 1250 g/mol. The number of esters is 4. The second kappa shape index (κ2) is 42.4. The number of hydrogen-bond acceptors (Lipinski definition) is 25. The number of nitrogens with one attached hydrogen (secondary N) is 4. The number of piperazine rings is 2. The molecule has 3 heterocycles. The first kappa shape index (κ1) is 77.8. The molecule has 4 unspecified atom stereocenters. The molecule has 4 atom stereocenters. The average Bonchev–Trinajstić information content (AvgIpc) is 0.838. The van der Waals surface area contributed by atoms with Gasteiger partial charge in [0.15, 0.2) is 0 Å². The lowest BCUT2D eigenvalue weighted by molar-refractivity contribution is -0.148. The van der Waals surface area contributed by atoms with Gasteiger partial charge in [0.05, 0.1) is 38.9 Å². The van der Waals surface area contributed by atoms with E-state index in [1.54, 1.807) is 0 Å². The second-order valence-corrected chi connectivity index (χ2v) is 25.9. The Morgan fingerprint density at radius 3 is 1.01 bits per heavy atom. The second-order valence-electron chi connectivity index (χ2n) is 25.9. The summed E-state index contributed by atoms with van der Waals surface area (Å²) in [6, 6.07) is 30.4. The molecule has 0 bridgehead atoms. The Labute approximate surface area is 572 Å². The summed E-state index contributed by atoms with van der Waals surface area (Å²) in [4.78, 5) is 59.4. The molecule has 8 N–H and O–H groups in total. The van der Waals surface area contributed by atoms with Gasteiger partial charge in [-0.1, -0.05) is 76.2 Å². The van der Waals surface area contributed by atoms with Crippen molar-refractivity contribution in [3.05, 3.63) is 119 Å². The summed E-state index contributed by atoms with van der Waals surface area (Å²) in [5, 5.41) is 55.5. The van der Waals surface area contributed by atoms with Gasteiger partial charge in [-0.25, -0.2) is 0 Å². The number of nitrogens with zero attached hydrogens (tertiary/aromatic N) is 4. The van der Waals surface area contributed by atoms with E-state index >= 15 is 0 Å². The van der Waals surface area contributed by atoms with Gasteiger partial charge >= 0.3 is 23.9 Å². The molecule has 4 aromatic rings. The smallest absolute Gasteiger partial charge is 0.307 e. The SMILES string of the molecule is CC(C)(c1ccc(OCC(O)COC(=O)CCNCCN2CCNCC2)cc1)c1ccc(OCC(O)COC(=O)CCN(CCC(=O)OCC(O)COc2ccc(C(C)(C)c3ccc(OCC(O)COC(=O)CCNCCN4CCNCC4)cc3)cc2)CCN2CCOCC2)cc1. The highest BCUT2D eigenvalue weighted by Crippen LogP contribution is 2.35. The van der Waals surface area contributed by atoms with Crippen LogP contribution in [0.1, 0.15) is 75.6 Å². The van der Waals surface area contributed by atoms with Crippen molar-refractivity contribution in [3.8, 4) is 23.0 Å². The molecule has 538 valence electrons. The van der Waals surface area contributed by atoms with Crippen molar-refractivity contribution < 1.29 is 82.2 Å². The molecule has 0 aliphatic carbocycles. The molecule has 0 radical (unpaired) electrons. The third-order valence-electron chi connectivity index (χ3n) is 17.6. The Morgan fingerprint density at radius 1 is 0.412 bits per heavy atom. The fourth-order valence-corrected chi connectivity index (χ4v) is 11.1. The summed E-state index contributed by atoms with van der Waals surface area (Å²) in [5.74, 6) is 0.468. The highest BCUT2D eigenvalue weighted by molar-refractivity contribution is 5.71. The van der Waals surface area contributed by atoms with Gasteiger partial charge in [0.25, 0.3) is 0 Å². The maximum absolute atomic E-state index is 13.0. The largest absolute Gasteiger partial charge is 0.491 e. The van der Waals surface area contributed by atoms with Crippen LogP contribution >= 0.6 is 0 Å². The van der Waals surface area contributed by atoms with Gasteiger partial charge in [-0.15, -0.1) is 0 Å². The van der Waals surface area contributed by atoms with Crippen molar-refractivity contribution in [2.45, 2.75) is 88.6 Å². The average molecular weight is 1360 g/mol. The highest BCUT2D eigenvalue weighted by Gasteiger charge is 2.26. The zero-order valence-electron chi connectivity index (χ0n) is 57.5. The molecule has 0 saturated carbocycles. The van der Waals surface area contributed by atoms with Crippen LogP contribution in [0, 0.1) is 0 Å². The lowest BCUT2D eigenvalue weighted by Crippen LogP contribution is -2.45. The maximum atomic E-state index is 13.0. The van der Waals surface area contributed by atoms with Crippen molar-refractivity contribution in [3.63, 3.8) is 0 Å². The van der Waals surface area contributed by atoms with E-state index in [1.807, 2.05) is 102 Å². The minimum absolute atomic E-state index is 0.0288.